The SMILES string of the molecule is CC(C)(C)OC(=O)N[C@@H]1CNC[C@H]1c1ccc(Br)cc1. The molecule has 0 unspecified atom stereocenters. The highest BCUT2D eigenvalue weighted by Gasteiger charge is 2.30. The van der Waals surface area contributed by atoms with Crippen molar-refractivity contribution >= 4 is 22.0 Å². The molecule has 5 heteroatoms. The molecule has 1 aromatic carbocycles. The molecule has 1 heterocycles. The number of alkyl carbamates (subject to hydrolysis) is 1. The fraction of sp³-hybridized carbons (Fsp3) is 0.533. The predicted molar refractivity (Wildman–Crippen MR) is 82.9 cm³/mol. The van der Waals surface area contributed by atoms with Crippen molar-refractivity contribution in [1.82, 2.24) is 10.6 Å². The Morgan fingerprint density at radius 3 is 2.55 bits per heavy atom. The topological polar surface area (TPSA) is 50.4 Å². The van der Waals surface area contributed by atoms with Crippen LogP contribution in [0.1, 0.15) is 32.3 Å². The molecule has 2 N–H and O–H groups in total. The molecular weight excluding hydrogens is 320 g/mol. The van der Waals surface area contributed by atoms with Crippen LogP contribution in [0, 0.1) is 0 Å². The van der Waals surface area contributed by atoms with Crippen LogP contribution < -0.4 is 10.6 Å². The monoisotopic (exact) mass is 340 g/mol. The van der Waals surface area contributed by atoms with Crippen molar-refractivity contribution < 1.29 is 9.53 Å². The average molecular weight is 341 g/mol. The molecule has 0 bridgehead atoms. The van der Waals surface area contributed by atoms with E-state index in [2.05, 4.69) is 38.7 Å². The molecule has 1 aromatic rings. The van der Waals surface area contributed by atoms with Gasteiger partial charge in [-0.1, -0.05) is 28.1 Å². The Kier molecular flexibility index (Phi) is 4.70. The van der Waals surface area contributed by atoms with Gasteiger partial charge in [-0.05, 0) is 38.5 Å². The van der Waals surface area contributed by atoms with Gasteiger partial charge in [-0.3, -0.25) is 0 Å². The van der Waals surface area contributed by atoms with E-state index in [1.807, 2.05) is 32.9 Å². The van der Waals surface area contributed by atoms with E-state index in [0.717, 1.165) is 17.6 Å². The van der Waals surface area contributed by atoms with Crippen LogP contribution in [0.3, 0.4) is 0 Å². The fourth-order valence-electron chi connectivity index (χ4n) is 2.35. The van der Waals surface area contributed by atoms with Crippen molar-refractivity contribution in [1.29, 1.82) is 0 Å². The van der Waals surface area contributed by atoms with Crippen LogP contribution in [0.25, 0.3) is 0 Å². The quantitative estimate of drug-likeness (QED) is 0.869. The van der Waals surface area contributed by atoms with E-state index in [-0.39, 0.29) is 18.1 Å². The van der Waals surface area contributed by atoms with Crippen molar-refractivity contribution in [3.05, 3.63) is 34.3 Å². The van der Waals surface area contributed by atoms with E-state index in [9.17, 15) is 4.79 Å². The normalized spacial score (nSPS) is 22.6. The molecule has 0 spiro atoms. The van der Waals surface area contributed by atoms with Crippen molar-refractivity contribution in [2.45, 2.75) is 38.3 Å². The van der Waals surface area contributed by atoms with Gasteiger partial charge in [0.2, 0.25) is 0 Å². The number of carbonyl (C=O) groups excluding carboxylic acids is 1. The number of nitrogens with one attached hydrogen (secondary N) is 2. The van der Waals surface area contributed by atoms with Gasteiger partial charge in [0.25, 0.3) is 0 Å². The van der Waals surface area contributed by atoms with Crippen LogP contribution in [0.5, 0.6) is 0 Å². The number of rotatable bonds is 2. The van der Waals surface area contributed by atoms with Crippen molar-refractivity contribution in [2.24, 2.45) is 0 Å². The van der Waals surface area contributed by atoms with E-state index in [4.69, 9.17) is 4.74 Å². The van der Waals surface area contributed by atoms with Crippen molar-refractivity contribution in [3.8, 4) is 0 Å². The highest BCUT2D eigenvalue weighted by molar-refractivity contribution is 9.10. The summed E-state index contributed by atoms with van der Waals surface area (Å²) in [4.78, 5) is 11.9. The summed E-state index contributed by atoms with van der Waals surface area (Å²) in [5, 5.41) is 6.28. The van der Waals surface area contributed by atoms with E-state index in [1.165, 1.54) is 5.56 Å². The van der Waals surface area contributed by atoms with Crippen LogP contribution in [0.2, 0.25) is 0 Å². The lowest BCUT2D eigenvalue weighted by Gasteiger charge is -2.24. The molecule has 110 valence electrons. The Hall–Kier alpha value is -1.07. The van der Waals surface area contributed by atoms with E-state index >= 15 is 0 Å². The third-order valence-electron chi connectivity index (χ3n) is 3.21. The van der Waals surface area contributed by atoms with Gasteiger partial charge >= 0.3 is 6.09 Å². The Morgan fingerprint density at radius 1 is 1.30 bits per heavy atom. The Bertz CT molecular complexity index is 468. The molecule has 0 aliphatic carbocycles. The highest BCUT2D eigenvalue weighted by atomic mass is 79.9. The van der Waals surface area contributed by atoms with Crippen LogP contribution in [0.15, 0.2) is 28.7 Å². The number of hydrogen-bond donors (Lipinski definition) is 2. The van der Waals surface area contributed by atoms with Gasteiger partial charge < -0.3 is 15.4 Å². The fourth-order valence-corrected chi connectivity index (χ4v) is 2.61. The zero-order valence-electron chi connectivity index (χ0n) is 12.1. The number of halogens is 1. The minimum atomic E-state index is -0.469. The third-order valence-corrected chi connectivity index (χ3v) is 3.74. The number of hydrogen-bond acceptors (Lipinski definition) is 3. The summed E-state index contributed by atoms with van der Waals surface area (Å²) in [6.45, 7) is 7.23. The van der Waals surface area contributed by atoms with Gasteiger partial charge in [0, 0.05) is 23.5 Å². The lowest BCUT2D eigenvalue weighted by Crippen LogP contribution is -2.42. The van der Waals surface area contributed by atoms with E-state index < -0.39 is 5.60 Å². The first-order valence-electron chi connectivity index (χ1n) is 6.81. The van der Waals surface area contributed by atoms with Gasteiger partial charge in [-0.15, -0.1) is 0 Å². The lowest BCUT2D eigenvalue weighted by atomic mass is 9.94. The maximum absolute atomic E-state index is 11.9. The molecule has 2 atom stereocenters. The molecule has 1 fully saturated rings. The van der Waals surface area contributed by atoms with Gasteiger partial charge in [0.05, 0.1) is 6.04 Å². The van der Waals surface area contributed by atoms with Gasteiger partial charge in [0.1, 0.15) is 5.60 Å². The Balaban J connectivity index is 2.00. The number of benzene rings is 1. The molecule has 1 aliphatic rings. The summed E-state index contributed by atoms with van der Waals surface area (Å²) < 4.78 is 6.38. The summed E-state index contributed by atoms with van der Waals surface area (Å²) in [5.74, 6) is 0.274. The molecule has 0 saturated carbocycles. The number of carbonyl (C=O) groups is 1. The first-order chi connectivity index (χ1) is 9.35. The average Bonchev–Trinajstić information content (AvgIpc) is 2.75. The van der Waals surface area contributed by atoms with Crippen LogP contribution >= 0.6 is 15.9 Å². The molecule has 1 saturated heterocycles. The second kappa shape index (κ2) is 6.14. The van der Waals surface area contributed by atoms with Crippen LogP contribution in [0.4, 0.5) is 4.79 Å². The second-order valence-electron chi connectivity index (χ2n) is 6.07. The van der Waals surface area contributed by atoms with E-state index in [1.54, 1.807) is 0 Å². The molecule has 2 rings (SSSR count). The summed E-state index contributed by atoms with van der Waals surface area (Å²) >= 11 is 3.44. The maximum Gasteiger partial charge on any atom is 0.407 e. The molecule has 0 radical (unpaired) electrons. The van der Waals surface area contributed by atoms with E-state index in [0.29, 0.717) is 0 Å². The minimum absolute atomic E-state index is 0.0611. The van der Waals surface area contributed by atoms with Crippen molar-refractivity contribution in [3.63, 3.8) is 0 Å². The van der Waals surface area contributed by atoms with Crippen molar-refractivity contribution in [2.75, 3.05) is 13.1 Å². The molecule has 1 aliphatic heterocycles. The Morgan fingerprint density at radius 2 is 1.95 bits per heavy atom. The standard InChI is InChI=1S/C15H21BrN2O2/c1-15(2,3)20-14(19)18-13-9-17-8-12(13)10-4-6-11(16)7-5-10/h4-7,12-13,17H,8-9H2,1-3H3,(H,18,19)/t12-,13+/m0/s1. The molecule has 20 heavy (non-hydrogen) atoms. The zero-order chi connectivity index (χ0) is 14.8. The molecular formula is C15H21BrN2O2. The molecule has 4 nitrogen and oxygen atoms in total. The first-order valence-corrected chi connectivity index (χ1v) is 7.60. The summed E-state index contributed by atoms with van der Waals surface area (Å²) in [6.07, 6.45) is -0.353. The minimum Gasteiger partial charge on any atom is -0.444 e. The second-order valence-corrected chi connectivity index (χ2v) is 6.98. The number of ether oxygens (including phenoxy) is 1. The third kappa shape index (κ3) is 4.21. The zero-order valence-corrected chi connectivity index (χ0v) is 13.7. The smallest absolute Gasteiger partial charge is 0.407 e. The largest absolute Gasteiger partial charge is 0.444 e. The van der Waals surface area contributed by atoms with Crippen LogP contribution in [-0.2, 0) is 4.74 Å². The summed E-state index contributed by atoms with van der Waals surface area (Å²) in [7, 11) is 0. The summed E-state index contributed by atoms with van der Waals surface area (Å²) in [5.41, 5.74) is 0.753. The summed E-state index contributed by atoms with van der Waals surface area (Å²) in [6, 6.07) is 8.29. The number of amides is 1. The van der Waals surface area contributed by atoms with Gasteiger partial charge in [-0.2, -0.15) is 0 Å². The maximum atomic E-state index is 11.9. The Labute approximate surface area is 128 Å². The van der Waals surface area contributed by atoms with Gasteiger partial charge in [-0.25, -0.2) is 4.79 Å². The first kappa shape index (κ1) is 15.3. The lowest BCUT2D eigenvalue weighted by molar-refractivity contribution is 0.0504. The van der Waals surface area contributed by atoms with Gasteiger partial charge in [0.15, 0.2) is 0 Å². The molecule has 0 aromatic heterocycles. The highest BCUT2D eigenvalue weighted by Crippen LogP contribution is 2.24. The molecule has 1 amide bonds. The predicted octanol–water partition coefficient (Wildman–Crippen LogP) is 3.03. The van der Waals surface area contributed by atoms with Crippen LogP contribution in [-0.4, -0.2) is 30.8 Å².